The van der Waals surface area contributed by atoms with Crippen molar-refractivity contribution in [1.29, 1.82) is 0 Å². The summed E-state index contributed by atoms with van der Waals surface area (Å²) in [7, 11) is 0. The molecule has 2 atom stereocenters. The molecule has 22 heavy (non-hydrogen) atoms. The van der Waals surface area contributed by atoms with Gasteiger partial charge in [-0.1, -0.05) is 20.8 Å². The largest absolute Gasteiger partial charge is 0.310 e. The number of nitrogens with zero attached hydrogens (tertiary/aromatic N) is 1. The first-order valence-electron chi connectivity index (χ1n) is 7.19. The lowest BCUT2D eigenvalue weighted by atomic mass is 9.64. The Hall–Kier alpha value is -1.56. The van der Waals surface area contributed by atoms with Crippen LogP contribution >= 0.6 is 15.9 Å². The van der Waals surface area contributed by atoms with E-state index in [4.69, 9.17) is 0 Å². The van der Waals surface area contributed by atoms with Crippen LogP contribution in [-0.4, -0.2) is 22.5 Å². The molecule has 5 nitrogen and oxygen atoms in total. The fraction of sp³-hybridized carbons (Fsp3) is 0.500. The van der Waals surface area contributed by atoms with Crippen LogP contribution in [0.15, 0.2) is 22.8 Å². The van der Waals surface area contributed by atoms with E-state index in [1.165, 1.54) is 0 Å². The first kappa shape index (κ1) is 15.3. The van der Waals surface area contributed by atoms with Gasteiger partial charge in [-0.15, -0.1) is 0 Å². The summed E-state index contributed by atoms with van der Waals surface area (Å²) in [5.41, 5.74) is -2.74. The molecule has 2 aliphatic carbocycles. The number of anilines is 1. The number of halogens is 1. The number of pyridine rings is 1. The Morgan fingerprint density at radius 2 is 1.86 bits per heavy atom. The minimum absolute atomic E-state index is 0.374. The molecule has 6 heteroatoms. The third-order valence-corrected chi connectivity index (χ3v) is 6.37. The van der Waals surface area contributed by atoms with Gasteiger partial charge >= 0.3 is 0 Å². The van der Waals surface area contributed by atoms with E-state index in [1.807, 2.05) is 13.8 Å². The lowest BCUT2D eigenvalue weighted by Crippen LogP contribution is -2.47. The number of carbonyl (C=O) groups is 3. The monoisotopic (exact) mass is 364 g/mol. The van der Waals surface area contributed by atoms with Crippen molar-refractivity contribution in [1.82, 2.24) is 4.98 Å². The number of Topliss-reactive ketones (excluding diaryl/α,β-unsaturated/α-hetero) is 2. The molecule has 1 heterocycles. The second-order valence-corrected chi connectivity index (χ2v) is 7.75. The molecule has 0 spiro atoms. The average Bonchev–Trinajstić information content (AvgIpc) is 2.74. The van der Waals surface area contributed by atoms with Crippen molar-refractivity contribution in [3.8, 4) is 0 Å². The molecule has 0 unspecified atom stereocenters. The topological polar surface area (TPSA) is 76.1 Å². The van der Waals surface area contributed by atoms with Crippen LogP contribution in [0, 0.1) is 16.2 Å². The van der Waals surface area contributed by atoms with Crippen LogP contribution < -0.4 is 5.32 Å². The summed E-state index contributed by atoms with van der Waals surface area (Å²) in [5, 5.41) is 2.71. The maximum absolute atomic E-state index is 12.9. The summed E-state index contributed by atoms with van der Waals surface area (Å²) in [6.45, 7) is 5.49. The molecule has 0 saturated heterocycles. The van der Waals surface area contributed by atoms with Gasteiger partial charge < -0.3 is 5.32 Å². The maximum atomic E-state index is 12.9. The van der Waals surface area contributed by atoms with Gasteiger partial charge in [-0.05, 0) is 46.3 Å². The van der Waals surface area contributed by atoms with Crippen molar-refractivity contribution in [3.63, 3.8) is 0 Å². The van der Waals surface area contributed by atoms with Crippen LogP contribution in [-0.2, 0) is 14.4 Å². The second-order valence-electron chi connectivity index (χ2n) is 6.84. The zero-order valence-corrected chi connectivity index (χ0v) is 14.3. The highest BCUT2D eigenvalue weighted by Gasteiger charge is 2.77. The number of hydrogen-bond donors (Lipinski definition) is 1. The summed E-state index contributed by atoms with van der Waals surface area (Å²) in [6.07, 6.45) is 2.54. The van der Waals surface area contributed by atoms with Crippen LogP contribution in [0.4, 0.5) is 5.82 Å². The molecule has 116 valence electrons. The number of carbonyl (C=O) groups excluding carboxylic acids is 3. The highest BCUT2D eigenvalue weighted by atomic mass is 79.9. The lowest BCUT2D eigenvalue weighted by molar-refractivity contribution is -0.147. The number of rotatable bonds is 2. The summed E-state index contributed by atoms with van der Waals surface area (Å²) >= 11 is 3.28. The molecular weight excluding hydrogens is 348 g/mol. The van der Waals surface area contributed by atoms with Gasteiger partial charge in [0.05, 0.1) is 0 Å². The van der Waals surface area contributed by atoms with E-state index in [0.717, 1.165) is 4.47 Å². The molecule has 0 radical (unpaired) electrons. The summed E-state index contributed by atoms with van der Waals surface area (Å²) in [6, 6.07) is 3.41. The molecular formula is C16H17BrN2O3. The summed E-state index contributed by atoms with van der Waals surface area (Å²) in [5.74, 6) is -1.02. The molecule has 1 N–H and O–H groups in total. The van der Waals surface area contributed by atoms with Gasteiger partial charge in [0.1, 0.15) is 11.2 Å². The van der Waals surface area contributed by atoms with Crippen molar-refractivity contribution in [2.75, 3.05) is 5.32 Å². The quantitative estimate of drug-likeness (QED) is 0.646. The Labute approximate surface area is 137 Å². The minimum Gasteiger partial charge on any atom is -0.310 e. The molecule has 1 aromatic rings. The summed E-state index contributed by atoms with van der Waals surface area (Å²) < 4.78 is 0.796. The number of fused-ring (bicyclic) bond motifs is 2. The van der Waals surface area contributed by atoms with Crippen LogP contribution in [0.3, 0.4) is 0 Å². The van der Waals surface area contributed by atoms with Crippen LogP contribution in [0.25, 0.3) is 0 Å². The molecule has 0 aromatic carbocycles. The molecule has 0 aliphatic heterocycles. The highest BCUT2D eigenvalue weighted by Crippen LogP contribution is 2.69. The van der Waals surface area contributed by atoms with E-state index in [-0.39, 0.29) is 0 Å². The third kappa shape index (κ3) is 1.59. The minimum atomic E-state index is -1.28. The molecule has 2 aliphatic rings. The number of hydrogen-bond acceptors (Lipinski definition) is 4. The first-order chi connectivity index (χ1) is 10.2. The fourth-order valence-electron chi connectivity index (χ4n) is 3.95. The van der Waals surface area contributed by atoms with E-state index in [2.05, 4.69) is 26.2 Å². The average molecular weight is 365 g/mol. The molecule has 2 fully saturated rings. The van der Waals surface area contributed by atoms with Gasteiger partial charge in [-0.2, -0.15) is 0 Å². The van der Waals surface area contributed by atoms with E-state index in [1.54, 1.807) is 25.3 Å². The molecule has 2 saturated carbocycles. The normalized spacial score (nSPS) is 32.4. The van der Waals surface area contributed by atoms with Gasteiger partial charge in [0, 0.05) is 16.1 Å². The van der Waals surface area contributed by atoms with Crippen molar-refractivity contribution < 1.29 is 14.4 Å². The smallest absolute Gasteiger partial charge is 0.240 e. The molecule has 3 rings (SSSR count). The molecule has 1 amide bonds. The van der Waals surface area contributed by atoms with Crippen molar-refractivity contribution in [2.24, 2.45) is 16.2 Å². The Balaban J connectivity index is 1.99. The zero-order valence-electron chi connectivity index (χ0n) is 12.7. The standard InChI is InChI=1S/C16H17BrN2O3/c1-14(2)15(3)6-7-16(14,12(21)11(15)20)13(22)19-10-5-4-9(17)8-18-10/h4-5,8H,6-7H2,1-3H3,(H,18,19,22)/t15-,16-/m1/s1. The van der Waals surface area contributed by atoms with Gasteiger partial charge in [0.15, 0.2) is 0 Å². The molecule has 1 aromatic heterocycles. The first-order valence-corrected chi connectivity index (χ1v) is 7.98. The van der Waals surface area contributed by atoms with E-state index >= 15 is 0 Å². The van der Waals surface area contributed by atoms with Crippen molar-refractivity contribution >= 4 is 39.2 Å². The Bertz CT molecular complexity index is 698. The Kier molecular flexibility index (Phi) is 3.12. The predicted octanol–water partition coefficient (Wildman–Crippen LogP) is 2.75. The fourth-order valence-corrected chi connectivity index (χ4v) is 4.18. The number of amides is 1. The van der Waals surface area contributed by atoms with Crippen LogP contribution in [0.5, 0.6) is 0 Å². The van der Waals surface area contributed by atoms with Crippen LogP contribution in [0.2, 0.25) is 0 Å². The highest BCUT2D eigenvalue weighted by molar-refractivity contribution is 9.10. The molecule has 2 bridgehead atoms. The lowest BCUT2D eigenvalue weighted by Gasteiger charge is -2.36. The van der Waals surface area contributed by atoms with E-state index in [0.29, 0.717) is 18.7 Å². The third-order valence-electron chi connectivity index (χ3n) is 5.90. The van der Waals surface area contributed by atoms with Crippen LogP contribution in [0.1, 0.15) is 33.6 Å². The van der Waals surface area contributed by atoms with Gasteiger partial charge in [-0.25, -0.2) is 4.98 Å². The van der Waals surface area contributed by atoms with Gasteiger partial charge in [0.25, 0.3) is 0 Å². The van der Waals surface area contributed by atoms with E-state index in [9.17, 15) is 14.4 Å². The number of ketones is 2. The maximum Gasteiger partial charge on any atom is 0.240 e. The zero-order chi connectivity index (χ0) is 16.3. The number of aromatic nitrogens is 1. The second kappa shape index (κ2) is 4.47. The Morgan fingerprint density at radius 3 is 2.36 bits per heavy atom. The van der Waals surface area contributed by atoms with Crippen molar-refractivity contribution in [2.45, 2.75) is 33.6 Å². The number of nitrogens with one attached hydrogen (secondary N) is 1. The van der Waals surface area contributed by atoms with Gasteiger partial charge in [-0.3, -0.25) is 14.4 Å². The van der Waals surface area contributed by atoms with Gasteiger partial charge in [0.2, 0.25) is 17.5 Å². The van der Waals surface area contributed by atoms with Crippen molar-refractivity contribution in [3.05, 3.63) is 22.8 Å². The SMILES string of the molecule is CC1(C)[C@]2(C(=O)Nc3ccc(Br)cn3)CC[C@]1(C)C(=O)C2=O. The Morgan fingerprint density at radius 1 is 1.18 bits per heavy atom. The predicted molar refractivity (Wildman–Crippen MR) is 84.1 cm³/mol. The summed E-state index contributed by atoms with van der Waals surface area (Å²) in [4.78, 5) is 41.9. The van der Waals surface area contributed by atoms with E-state index < -0.39 is 33.7 Å².